The fourth-order valence-electron chi connectivity index (χ4n) is 0.278. The van der Waals surface area contributed by atoms with Gasteiger partial charge in [-0.25, -0.2) is 0 Å². The van der Waals surface area contributed by atoms with Crippen LogP contribution in [0.4, 0.5) is 0 Å². The average Bonchev–Trinajstić information content (AvgIpc) is 1.83. The summed E-state index contributed by atoms with van der Waals surface area (Å²) in [6.45, 7) is 5.42. The fraction of sp³-hybridized carbons (Fsp3) is 0.286. The molecule has 2 heteroatoms. The first-order valence-electron chi connectivity index (χ1n) is 2.58. The molecule has 0 saturated carbocycles. The molecule has 9 heavy (non-hydrogen) atoms. The Hall–Kier alpha value is -0.630. The lowest BCUT2D eigenvalue weighted by Gasteiger charge is -1.93. The molecule has 0 spiro atoms. The molecule has 0 rings (SSSR count). The molecular weight excluding hydrogens is 132 g/mol. The van der Waals surface area contributed by atoms with Gasteiger partial charge in [-0.2, -0.15) is 0 Å². The highest BCUT2D eigenvalue weighted by molar-refractivity contribution is 7.80. The van der Waals surface area contributed by atoms with Crippen molar-refractivity contribution >= 4 is 17.1 Å². The van der Waals surface area contributed by atoms with Gasteiger partial charge in [0.25, 0.3) is 0 Å². The molecule has 0 aliphatic carbocycles. The Morgan fingerprint density at radius 1 is 1.56 bits per heavy atom. The molecule has 0 unspecified atom stereocenters. The molecule has 0 saturated heterocycles. The Morgan fingerprint density at radius 3 is 2.44 bits per heavy atom. The Kier molecular flexibility index (Phi) is 3.97. The van der Waals surface area contributed by atoms with E-state index in [9.17, 15) is 0 Å². The summed E-state index contributed by atoms with van der Waals surface area (Å²) in [5, 5.41) is 0. The SMILES string of the molecule is C=C(/C=C\C(C)=S)OC. The molecule has 0 heterocycles. The summed E-state index contributed by atoms with van der Waals surface area (Å²) < 4.78 is 4.76. The molecule has 0 aromatic heterocycles. The van der Waals surface area contributed by atoms with E-state index in [0.717, 1.165) is 4.86 Å². The van der Waals surface area contributed by atoms with Crippen molar-refractivity contribution in [2.24, 2.45) is 0 Å². The van der Waals surface area contributed by atoms with E-state index < -0.39 is 0 Å². The van der Waals surface area contributed by atoms with Crippen molar-refractivity contribution in [3.63, 3.8) is 0 Å². The molecule has 0 bridgehead atoms. The lowest BCUT2D eigenvalue weighted by molar-refractivity contribution is 0.309. The smallest absolute Gasteiger partial charge is 0.111 e. The minimum Gasteiger partial charge on any atom is -0.497 e. The lowest BCUT2D eigenvalue weighted by Crippen LogP contribution is -1.80. The second kappa shape index (κ2) is 4.27. The zero-order chi connectivity index (χ0) is 7.28. The zero-order valence-electron chi connectivity index (χ0n) is 5.68. The zero-order valence-corrected chi connectivity index (χ0v) is 6.49. The van der Waals surface area contributed by atoms with Gasteiger partial charge in [-0.1, -0.05) is 18.8 Å². The first-order valence-corrected chi connectivity index (χ1v) is 2.99. The van der Waals surface area contributed by atoms with Crippen molar-refractivity contribution in [3.05, 3.63) is 24.5 Å². The summed E-state index contributed by atoms with van der Waals surface area (Å²) in [4.78, 5) is 0.827. The van der Waals surface area contributed by atoms with Gasteiger partial charge in [0, 0.05) is 4.86 Å². The Labute approximate surface area is 61.0 Å². The van der Waals surface area contributed by atoms with Crippen LogP contribution in [0.5, 0.6) is 0 Å². The molecule has 0 aliphatic heterocycles. The van der Waals surface area contributed by atoms with Crippen LogP contribution in [0.2, 0.25) is 0 Å². The van der Waals surface area contributed by atoms with Crippen LogP contribution in [-0.4, -0.2) is 12.0 Å². The van der Waals surface area contributed by atoms with Crippen LogP contribution < -0.4 is 0 Å². The third-order valence-corrected chi connectivity index (χ3v) is 0.902. The standard InChI is InChI=1S/C7H10OS/c1-6(8-3)4-5-7(2)9/h4-5H,1H2,2-3H3/b5-4-. The van der Waals surface area contributed by atoms with Crippen molar-refractivity contribution in [3.8, 4) is 0 Å². The van der Waals surface area contributed by atoms with Crippen molar-refractivity contribution < 1.29 is 4.74 Å². The van der Waals surface area contributed by atoms with Crippen LogP contribution in [0.1, 0.15) is 6.92 Å². The van der Waals surface area contributed by atoms with Crippen LogP contribution in [-0.2, 0) is 4.74 Å². The molecule has 0 atom stereocenters. The summed E-state index contributed by atoms with van der Waals surface area (Å²) in [6.07, 6.45) is 3.52. The van der Waals surface area contributed by atoms with Crippen molar-refractivity contribution in [2.45, 2.75) is 6.92 Å². The summed E-state index contributed by atoms with van der Waals surface area (Å²) in [6, 6.07) is 0. The van der Waals surface area contributed by atoms with Gasteiger partial charge in [0.1, 0.15) is 5.76 Å². The van der Waals surface area contributed by atoms with Crippen molar-refractivity contribution in [1.82, 2.24) is 0 Å². The number of ether oxygens (including phenoxy) is 1. The van der Waals surface area contributed by atoms with E-state index in [1.807, 2.05) is 6.92 Å². The molecule has 0 N–H and O–H groups in total. The van der Waals surface area contributed by atoms with Gasteiger partial charge in [0.2, 0.25) is 0 Å². The van der Waals surface area contributed by atoms with Crippen LogP contribution in [0.25, 0.3) is 0 Å². The van der Waals surface area contributed by atoms with E-state index in [1.54, 1.807) is 19.3 Å². The monoisotopic (exact) mass is 142 g/mol. The Morgan fingerprint density at radius 2 is 2.11 bits per heavy atom. The van der Waals surface area contributed by atoms with E-state index >= 15 is 0 Å². The molecule has 0 amide bonds. The minimum absolute atomic E-state index is 0.624. The number of methoxy groups -OCH3 is 1. The summed E-state index contributed by atoms with van der Waals surface area (Å²) >= 11 is 4.78. The molecule has 0 radical (unpaired) electrons. The van der Waals surface area contributed by atoms with Gasteiger partial charge in [-0.05, 0) is 19.1 Å². The van der Waals surface area contributed by atoms with E-state index in [2.05, 4.69) is 6.58 Å². The van der Waals surface area contributed by atoms with Crippen LogP contribution in [0, 0.1) is 0 Å². The number of hydrogen-bond donors (Lipinski definition) is 0. The second-order valence-electron chi connectivity index (χ2n) is 1.61. The highest BCUT2D eigenvalue weighted by atomic mass is 32.1. The van der Waals surface area contributed by atoms with Crippen molar-refractivity contribution in [1.29, 1.82) is 0 Å². The van der Waals surface area contributed by atoms with Gasteiger partial charge in [0.05, 0.1) is 7.11 Å². The number of thiocarbonyl (C=S) groups is 1. The summed E-state index contributed by atoms with van der Waals surface area (Å²) in [5.74, 6) is 0.624. The van der Waals surface area contributed by atoms with E-state index in [4.69, 9.17) is 17.0 Å². The van der Waals surface area contributed by atoms with E-state index in [1.165, 1.54) is 0 Å². The molecular formula is C7H10OS. The molecule has 0 fully saturated rings. The maximum absolute atomic E-state index is 4.78. The van der Waals surface area contributed by atoms with Crippen LogP contribution in [0.15, 0.2) is 24.5 Å². The van der Waals surface area contributed by atoms with Crippen molar-refractivity contribution in [2.75, 3.05) is 7.11 Å². The normalized spacial score (nSPS) is 9.56. The second-order valence-corrected chi connectivity index (χ2v) is 2.26. The molecule has 0 aromatic carbocycles. The van der Waals surface area contributed by atoms with Crippen LogP contribution >= 0.6 is 12.2 Å². The Bertz CT molecular complexity index is 147. The maximum Gasteiger partial charge on any atom is 0.111 e. The van der Waals surface area contributed by atoms with E-state index in [0.29, 0.717) is 5.76 Å². The minimum atomic E-state index is 0.624. The predicted octanol–water partition coefficient (Wildman–Crippen LogP) is 2.09. The average molecular weight is 142 g/mol. The Balaban J connectivity index is 3.71. The number of allylic oxidation sites excluding steroid dienone is 2. The summed E-state index contributed by atoms with van der Waals surface area (Å²) in [7, 11) is 1.57. The predicted molar refractivity (Wildman–Crippen MR) is 43.6 cm³/mol. The molecule has 1 nitrogen and oxygen atoms in total. The highest BCUT2D eigenvalue weighted by Crippen LogP contribution is 1.92. The number of rotatable bonds is 3. The fourth-order valence-corrected chi connectivity index (χ4v) is 0.346. The number of hydrogen-bond acceptors (Lipinski definition) is 2. The van der Waals surface area contributed by atoms with Gasteiger partial charge in [-0.3, -0.25) is 0 Å². The van der Waals surface area contributed by atoms with Gasteiger partial charge < -0.3 is 4.74 Å². The van der Waals surface area contributed by atoms with E-state index in [-0.39, 0.29) is 0 Å². The summed E-state index contributed by atoms with van der Waals surface area (Å²) in [5.41, 5.74) is 0. The molecule has 0 aromatic rings. The van der Waals surface area contributed by atoms with Gasteiger partial charge in [-0.15, -0.1) is 0 Å². The highest BCUT2D eigenvalue weighted by Gasteiger charge is 1.80. The van der Waals surface area contributed by atoms with Crippen LogP contribution in [0.3, 0.4) is 0 Å². The first kappa shape index (κ1) is 8.37. The lowest BCUT2D eigenvalue weighted by atomic mass is 10.4. The quantitative estimate of drug-likeness (QED) is 0.258. The van der Waals surface area contributed by atoms with Gasteiger partial charge >= 0.3 is 0 Å². The largest absolute Gasteiger partial charge is 0.497 e. The molecule has 50 valence electrons. The maximum atomic E-state index is 4.78. The van der Waals surface area contributed by atoms with Gasteiger partial charge in [0.15, 0.2) is 0 Å². The molecule has 0 aliphatic rings. The third kappa shape index (κ3) is 5.24. The topological polar surface area (TPSA) is 9.23 Å². The third-order valence-electron chi connectivity index (χ3n) is 0.766. The first-order chi connectivity index (χ1) is 4.16.